The lowest BCUT2D eigenvalue weighted by molar-refractivity contribution is 0.0180. The highest BCUT2D eigenvalue weighted by molar-refractivity contribution is 6.17. The Balaban J connectivity index is 2.37. The normalized spacial score (nSPS) is 22.1. The molecule has 1 aliphatic carbocycles. The Morgan fingerprint density at radius 1 is 1.29 bits per heavy atom. The van der Waals surface area contributed by atoms with E-state index in [1.54, 1.807) is 4.90 Å². The van der Waals surface area contributed by atoms with Crippen LogP contribution in [0.5, 0.6) is 0 Å². The fraction of sp³-hybridized carbons (Fsp3) is 0.824. The highest BCUT2D eigenvalue weighted by Crippen LogP contribution is 2.27. The molecule has 21 heavy (non-hydrogen) atoms. The number of nitrogens with zero attached hydrogens (tertiary/aromatic N) is 1. The molecule has 0 saturated heterocycles. The summed E-state index contributed by atoms with van der Waals surface area (Å²) >= 11 is 5.64. The lowest BCUT2D eigenvalue weighted by atomic mass is 9.86. The van der Waals surface area contributed by atoms with Gasteiger partial charge in [0.2, 0.25) is 0 Å². The van der Waals surface area contributed by atoms with Gasteiger partial charge in [-0.1, -0.05) is 5.92 Å². The van der Waals surface area contributed by atoms with E-state index in [9.17, 15) is 4.79 Å². The lowest BCUT2D eigenvalue weighted by Crippen LogP contribution is -2.42. The van der Waals surface area contributed by atoms with Gasteiger partial charge in [-0.3, -0.25) is 0 Å². The van der Waals surface area contributed by atoms with Gasteiger partial charge in [0.1, 0.15) is 5.60 Å². The quantitative estimate of drug-likeness (QED) is 0.438. The number of rotatable bonds is 3. The van der Waals surface area contributed by atoms with Crippen LogP contribution in [0.25, 0.3) is 0 Å². The van der Waals surface area contributed by atoms with E-state index in [2.05, 4.69) is 11.8 Å². The average Bonchev–Trinajstić information content (AvgIpc) is 2.41. The Hall–Kier alpha value is -0.880. The van der Waals surface area contributed by atoms with E-state index < -0.39 is 5.60 Å². The zero-order valence-corrected chi connectivity index (χ0v) is 14.5. The SMILES string of the molecule is CN(C(=O)OC(C)(C)C)[C@H]1CC[C@H](C#CCCCCl)CC1. The topological polar surface area (TPSA) is 29.5 Å². The molecule has 0 N–H and O–H groups in total. The minimum absolute atomic E-state index is 0.223. The Kier molecular flexibility index (Phi) is 7.39. The van der Waals surface area contributed by atoms with Gasteiger partial charge in [-0.2, -0.15) is 0 Å². The molecule has 1 aliphatic rings. The lowest BCUT2D eigenvalue weighted by Gasteiger charge is -2.34. The number of hydrogen-bond acceptors (Lipinski definition) is 2. The van der Waals surface area contributed by atoms with Crippen molar-refractivity contribution >= 4 is 17.7 Å². The van der Waals surface area contributed by atoms with E-state index >= 15 is 0 Å². The molecule has 0 heterocycles. The van der Waals surface area contributed by atoms with E-state index in [-0.39, 0.29) is 12.1 Å². The zero-order chi connectivity index (χ0) is 15.9. The number of ether oxygens (including phenoxy) is 1. The molecule has 120 valence electrons. The first-order valence-electron chi connectivity index (χ1n) is 7.83. The molecule has 0 unspecified atom stereocenters. The van der Waals surface area contributed by atoms with Crippen molar-refractivity contribution in [2.24, 2.45) is 5.92 Å². The van der Waals surface area contributed by atoms with E-state index in [1.165, 1.54) is 0 Å². The summed E-state index contributed by atoms with van der Waals surface area (Å²) in [7, 11) is 1.84. The van der Waals surface area contributed by atoms with E-state index in [4.69, 9.17) is 16.3 Å². The fourth-order valence-corrected chi connectivity index (χ4v) is 2.60. The maximum Gasteiger partial charge on any atom is 0.410 e. The highest BCUT2D eigenvalue weighted by Gasteiger charge is 2.28. The molecule has 0 atom stereocenters. The molecule has 1 saturated carbocycles. The van der Waals surface area contributed by atoms with Crippen LogP contribution >= 0.6 is 11.6 Å². The predicted octanol–water partition coefficient (Wildman–Crippen LogP) is 4.43. The molecule has 0 spiro atoms. The van der Waals surface area contributed by atoms with Crippen LogP contribution in [0.15, 0.2) is 0 Å². The molecule has 1 rings (SSSR count). The third-order valence-electron chi connectivity index (χ3n) is 3.67. The van der Waals surface area contributed by atoms with Crippen molar-refractivity contribution in [1.29, 1.82) is 0 Å². The summed E-state index contributed by atoms with van der Waals surface area (Å²) in [5.41, 5.74) is -0.434. The number of unbranched alkanes of at least 4 members (excludes halogenated alkanes) is 1. The fourth-order valence-electron chi connectivity index (χ4n) is 2.46. The third-order valence-corrected chi connectivity index (χ3v) is 3.93. The molecule has 0 aromatic carbocycles. The van der Waals surface area contributed by atoms with Gasteiger partial charge >= 0.3 is 6.09 Å². The van der Waals surface area contributed by atoms with Crippen LogP contribution in [-0.2, 0) is 4.74 Å². The van der Waals surface area contributed by atoms with Crippen molar-refractivity contribution in [2.75, 3.05) is 12.9 Å². The predicted molar refractivity (Wildman–Crippen MR) is 87.5 cm³/mol. The number of amides is 1. The first kappa shape index (κ1) is 18.2. The first-order chi connectivity index (χ1) is 9.83. The van der Waals surface area contributed by atoms with Gasteiger partial charge < -0.3 is 9.64 Å². The average molecular weight is 314 g/mol. The second kappa shape index (κ2) is 8.54. The summed E-state index contributed by atoms with van der Waals surface area (Å²) in [6, 6.07) is 0.278. The van der Waals surface area contributed by atoms with Gasteiger partial charge in [-0.25, -0.2) is 4.79 Å². The van der Waals surface area contributed by atoms with E-state index in [1.807, 2.05) is 27.8 Å². The second-order valence-corrected chi connectivity index (χ2v) is 7.09. The minimum atomic E-state index is -0.434. The van der Waals surface area contributed by atoms with Crippen molar-refractivity contribution in [3.8, 4) is 11.8 Å². The van der Waals surface area contributed by atoms with E-state index in [0.717, 1.165) is 38.5 Å². The van der Waals surface area contributed by atoms with Gasteiger partial charge in [-0.15, -0.1) is 17.5 Å². The Bertz CT molecular complexity index is 384. The number of carbonyl (C=O) groups excluding carboxylic acids is 1. The summed E-state index contributed by atoms with van der Waals surface area (Å²) in [6.45, 7) is 5.68. The molecule has 0 aromatic rings. The summed E-state index contributed by atoms with van der Waals surface area (Å²) < 4.78 is 5.42. The number of alkyl halides is 1. The maximum atomic E-state index is 12.0. The molecule has 0 aromatic heterocycles. The molecule has 0 bridgehead atoms. The van der Waals surface area contributed by atoms with Crippen LogP contribution in [-0.4, -0.2) is 35.6 Å². The summed E-state index contributed by atoms with van der Waals surface area (Å²) in [5, 5.41) is 0. The Labute approximate surface area is 134 Å². The van der Waals surface area contributed by atoms with Crippen molar-refractivity contribution in [3.05, 3.63) is 0 Å². The van der Waals surface area contributed by atoms with Crippen molar-refractivity contribution in [1.82, 2.24) is 4.90 Å². The number of carbonyl (C=O) groups is 1. The van der Waals surface area contributed by atoms with Crippen LogP contribution in [0.1, 0.15) is 59.3 Å². The number of hydrogen-bond donors (Lipinski definition) is 0. The van der Waals surface area contributed by atoms with Gasteiger partial charge in [0.25, 0.3) is 0 Å². The van der Waals surface area contributed by atoms with Crippen LogP contribution in [0, 0.1) is 17.8 Å². The Morgan fingerprint density at radius 3 is 2.43 bits per heavy atom. The van der Waals surface area contributed by atoms with Gasteiger partial charge in [0, 0.05) is 31.3 Å². The smallest absolute Gasteiger partial charge is 0.410 e. The second-order valence-electron chi connectivity index (χ2n) is 6.71. The van der Waals surface area contributed by atoms with Crippen LogP contribution < -0.4 is 0 Å². The Morgan fingerprint density at radius 2 is 1.90 bits per heavy atom. The van der Waals surface area contributed by atoms with Crippen molar-refractivity contribution in [3.63, 3.8) is 0 Å². The van der Waals surface area contributed by atoms with Crippen molar-refractivity contribution < 1.29 is 9.53 Å². The number of halogens is 1. The molecule has 3 nitrogen and oxygen atoms in total. The maximum absolute atomic E-state index is 12.0. The minimum Gasteiger partial charge on any atom is -0.444 e. The monoisotopic (exact) mass is 313 g/mol. The van der Waals surface area contributed by atoms with Gasteiger partial charge in [0.05, 0.1) is 0 Å². The first-order valence-corrected chi connectivity index (χ1v) is 8.37. The zero-order valence-electron chi connectivity index (χ0n) is 13.7. The van der Waals surface area contributed by atoms with Gasteiger partial charge in [0.15, 0.2) is 0 Å². The molecule has 0 radical (unpaired) electrons. The molecule has 1 amide bonds. The molecule has 1 fully saturated rings. The van der Waals surface area contributed by atoms with Crippen LogP contribution in [0.2, 0.25) is 0 Å². The van der Waals surface area contributed by atoms with E-state index in [0.29, 0.717) is 11.8 Å². The van der Waals surface area contributed by atoms with Crippen molar-refractivity contribution in [2.45, 2.75) is 70.9 Å². The van der Waals surface area contributed by atoms with Gasteiger partial charge in [-0.05, 0) is 52.9 Å². The van der Waals surface area contributed by atoms with Crippen LogP contribution in [0.3, 0.4) is 0 Å². The summed E-state index contributed by atoms with van der Waals surface area (Å²) in [5.74, 6) is 7.71. The third kappa shape index (κ3) is 7.09. The molecular weight excluding hydrogens is 286 g/mol. The summed E-state index contributed by atoms with van der Waals surface area (Å²) in [4.78, 5) is 13.8. The summed E-state index contributed by atoms with van der Waals surface area (Å²) in [6.07, 6.45) is 5.76. The highest BCUT2D eigenvalue weighted by atomic mass is 35.5. The molecule has 4 heteroatoms. The molecule has 0 aliphatic heterocycles. The van der Waals surface area contributed by atoms with Crippen LogP contribution in [0.4, 0.5) is 4.79 Å². The largest absolute Gasteiger partial charge is 0.444 e. The standard InChI is InChI=1S/C17H28ClNO2/c1-17(2,3)21-16(20)19(4)15-11-9-14(10-12-15)8-6-5-7-13-18/h14-15H,5,7,9-13H2,1-4H3/t14-,15-. The molecular formula is C17H28ClNO2.